The minimum atomic E-state index is -0.891. The van der Waals surface area contributed by atoms with Crippen LogP contribution in [0.2, 0.25) is 0 Å². The Hall–Kier alpha value is -2.37. The summed E-state index contributed by atoms with van der Waals surface area (Å²) in [7, 11) is 0. The number of carbonyl (C=O) groups is 3. The van der Waals surface area contributed by atoms with E-state index >= 15 is 0 Å². The molecule has 3 N–H and O–H groups in total. The van der Waals surface area contributed by atoms with E-state index in [2.05, 4.69) is 10.6 Å². The zero-order chi connectivity index (χ0) is 16.9. The van der Waals surface area contributed by atoms with Gasteiger partial charge in [0.1, 0.15) is 0 Å². The quantitative estimate of drug-likeness (QED) is 0.746. The van der Waals surface area contributed by atoms with E-state index < -0.39 is 11.5 Å². The topological polar surface area (TPSA) is 95.5 Å². The van der Waals surface area contributed by atoms with Crippen molar-refractivity contribution < 1.29 is 19.5 Å². The van der Waals surface area contributed by atoms with Gasteiger partial charge in [-0.05, 0) is 30.5 Å². The molecule has 0 atom stereocenters. The lowest BCUT2D eigenvalue weighted by Gasteiger charge is -2.28. The van der Waals surface area contributed by atoms with Crippen LogP contribution >= 0.6 is 0 Å². The Bertz CT molecular complexity index is 589. The van der Waals surface area contributed by atoms with Gasteiger partial charge >= 0.3 is 5.97 Å². The molecule has 1 saturated carbocycles. The summed E-state index contributed by atoms with van der Waals surface area (Å²) in [6, 6.07) is 6.94. The zero-order valence-electron chi connectivity index (χ0n) is 13.2. The van der Waals surface area contributed by atoms with Gasteiger partial charge in [-0.25, -0.2) is 0 Å². The van der Waals surface area contributed by atoms with Gasteiger partial charge in [0.15, 0.2) is 0 Å². The van der Waals surface area contributed by atoms with Crippen molar-refractivity contribution in [3.8, 4) is 0 Å². The van der Waals surface area contributed by atoms with E-state index in [9.17, 15) is 14.4 Å². The summed E-state index contributed by atoms with van der Waals surface area (Å²) in [5.74, 6) is -1.25. The fourth-order valence-corrected chi connectivity index (χ4v) is 3.00. The van der Waals surface area contributed by atoms with Crippen LogP contribution in [0.1, 0.15) is 54.9 Å². The highest BCUT2D eigenvalue weighted by atomic mass is 16.4. The molecule has 124 valence electrons. The first-order valence-electron chi connectivity index (χ1n) is 7.78. The Morgan fingerprint density at radius 1 is 1.13 bits per heavy atom. The maximum atomic E-state index is 12.4. The van der Waals surface area contributed by atoms with Gasteiger partial charge < -0.3 is 15.7 Å². The molecule has 6 heteroatoms. The normalized spacial score (nSPS) is 15.9. The van der Waals surface area contributed by atoms with Crippen molar-refractivity contribution in [3.05, 3.63) is 35.4 Å². The van der Waals surface area contributed by atoms with E-state index in [0.717, 1.165) is 18.4 Å². The summed E-state index contributed by atoms with van der Waals surface area (Å²) >= 11 is 0. The van der Waals surface area contributed by atoms with Crippen molar-refractivity contribution in [1.82, 2.24) is 10.6 Å². The molecule has 1 aromatic carbocycles. The van der Waals surface area contributed by atoms with Crippen molar-refractivity contribution in [3.63, 3.8) is 0 Å². The molecule has 0 saturated heterocycles. The molecule has 0 heterocycles. The van der Waals surface area contributed by atoms with E-state index in [1.54, 1.807) is 24.3 Å². The summed E-state index contributed by atoms with van der Waals surface area (Å²) in [5, 5.41) is 14.7. The van der Waals surface area contributed by atoms with Crippen LogP contribution in [0, 0.1) is 0 Å². The van der Waals surface area contributed by atoms with E-state index in [1.807, 2.05) is 0 Å². The third kappa shape index (κ3) is 4.81. The first-order valence-corrected chi connectivity index (χ1v) is 7.78. The van der Waals surface area contributed by atoms with E-state index in [1.165, 1.54) is 6.92 Å². The maximum absolute atomic E-state index is 12.4. The zero-order valence-corrected chi connectivity index (χ0v) is 13.2. The fourth-order valence-electron chi connectivity index (χ4n) is 3.00. The number of nitrogens with one attached hydrogen (secondary N) is 2. The first kappa shape index (κ1) is 17.0. The number of aliphatic carboxylic acids is 1. The number of carbonyl (C=O) groups excluding carboxylic acids is 2. The smallest absolute Gasteiger partial charge is 0.305 e. The number of hydrogen-bond acceptors (Lipinski definition) is 3. The molecular weight excluding hydrogens is 296 g/mol. The second kappa shape index (κ2) is 7.26. The van der Waals surface area contributed by atoms with Gasteiger partial charge in [-0.3, -0.25) is 14.4 Å². The van der Waals surface area contributed by atoms with Crippen LogP contribution in [-0.2, 0) is 16.1 Å². The molecule has 1 aromatic rings. The van der Waals surface area contributed by atoms with Gasteiger partial charge in [0.25, 0.3) is 5.91 Å². The van der Waals surface area contributed by atoms with Crippen LogP contribution in [0.15, 0.2) is 24.3 Å². The summed E-state index contributed by atoms with van der Waals surface area (Å²) in [6.07, 6.45) is 3.23. The Morgan fingerprint density at radius 3 is 2.26 bits per heavy atom. The number of carboxylic acid groups (broad SMARTS) is 1. The summed E-state index contributed by atoms with van der Waals surface area (Å²) < 4.78 is 0. The van der Waals surface area contributed by atoms with E-state index in [-0.39, 0.29) is 18.2 Å². The lowest BCUT2D eigenvalue weighted by atomic mass is 9.92. The number of benzene rings is 1. The second-order valence-corrected chi connectivity index (χ2v) is 6.12. The van der Waals surface area contributed by atoms with Crippen LogP contribution in [0.4, 0.5) is 0 Å². The third-order valence-electron chi connectivity index (χ3n) is 4.19. The molecular formula is C17H22N2O4. The minimum absolute atomic E-state index is 0.0423. The fraction of sp³-hybridized carbons (Fsp3) is 0.471. The molecule has 0 bridgehead atoms. The molecule has 1 aliphatic rings. The molecule has 1 aliphatic carbocycles. The Morgan fingerprint density at radius 2 is 1.74 bits per heavy atom. The summed E-state index contributed by atoms with van der Waals surface area (Å²) in [6.45, 7) is 1.87. The monoisotopic (exact) mass is 318 g/mol. The van der Waals surface area contributed by atoms with Gasteiger partial charge in [-0.1, -0.05) is 25.0 Å². The van der Waals surface area contributed by atoms with Crippen molar-refractivity contribution in [2.75, 3.05) is 0 Å². The van der Waals surface area contributed by atoms with Crippen LogP contribution in [0.3, 0.4) is 0 Å². The van der Waals surface area contributed by atoms with Crippen LogP contribution in [-0.4, -0.2) is 28.4 Å². The summed E-state index contributed by atoms with van der Waals surface area (Å²) in [4.78, 5) is 34.3. The maximum Gasteiger partial charge on any atom is 0.305 e. The first-order chi connectivity index (χ1) is 10.9. The average Bonchev–Trinajstić information content (AvgIpc) is 2.92. The van der Waals surface area contributed by atoms with Gasteiger partial charge in [0.05, 0.1) is 12.0 Å². The molecule has 0 aliphatic heterocycles. The van der Waals surface area contributed by atoms with Crippen LogP contribution in [0.5, 0.6) is 0 Å². The van der Waals surface area contributed by atoms with Gasteiger partial charge in [0.2, 0.25) is 5.91 Å². The van der Waals surface area contributed by atoms with Gasteiger partial charge in [0, 0.05) is 19.0 Å². The average molecular weight is 318 g/mol. The molecule has 0 radical (unpaired) electrons. The van der Waals surface area contributed by atoms with E-state index in [0.29, 0.717) is 24.9 Å². The lowest BCUT2D eigenvalue weighted by Crippen LogP contribution is -2.47. The molecule has 0 aromatic heterocycles. The molecule has 2 rings (SSSR count). The number of amides is 2. The Labute approximate surface area is 135 Å². The SMILES string of the molecule is CC(=O)NCc1ccc(C(=O)NC2(CC(=O)O)CCCC2)cc1. The van der Waals surface area contributed by atoms with Gasteiger partial charge in [-0.2, -0.15) is 0 Å². The Balaban J connectivity index is 2.01. The van der Waals surface area contributed by atoms with Crippen LogP contribution in [0.25, 0.3) is 0 Å². The molecule has 6 nitrogen and oxygen atoms in total. The molecule has 0 unspecified atom stereocenters. The molecule has 0 spiro atoms. The standard InChI is InChI=1S/C17H22N2O4/c1-12(20)18-11-13-4-6-14(7-5-13)16(23)19-17(10-15(21)22)8-2-3-9-17/h4-7H,2-3,8-11H2,1H3,(H,18,20)(H,19,23)(H,21,22). The minimum Gasteiger partial charge on any atom is -0.481 e. The third-order valence-corrected chi connectivity index (χ3v) is 4.19. The predicted octanol–water partition coefficient (Wildman–Crippen LogP) is 1.84. The van der Waals surface area contributed by atoms with Crippen molar-refractivity contribution in [1.29, 1.82) is 0 Å². The lowest BCUT2D eigenvalue weighted by molar-refractivity contribution is -0.138. The van der Waals surface area contributed by atoms with Crippen LogP contribution < -0.4 is 10.6 Å². The van der Waals surface area contributed by atoms with Gasteiger partial charge in [-0.15, -0.1) is 0 Å². The number of carboxylic acids is 1. The molecule has 23 heavy (non-hydrogen) atoms. The van der Waals surface area contributed by atoms with Crippen molar-refractivity contribution in [2.24, 2.45) is 0 Å². The second-order valence-electron chi connectivity index (χ2n) is 6.12. The highest BCUT2D eigenvalue weighted by Gasteiger charge is 2.37. The van der Waals surface area contributed by atoms with E-state index in [4.69, 9.17) is 5.11 Å². The van der Waals surface area contributed by atoms with Crippen molar-refractivity contribution in [2.45, 2.75) is 51.1 Å². The summed E-state index contributed by atoms with van der Waals surface area (Å²) in [5.41, 5.74) is 0.767. The molecule has 2 amide bonds. The highest BCUT2D eigenvalue weighted by Crippen LogP contribution is 2.33. The van der Waals surface area contributed by atoms with Crippen molar-refractivity contribution >= 4 is 17.8 Å². The Kier molecular flexibility index (Phi) is 5.36. The molecule has 1 fully saturated rings. The number of hydrogen-bond donors (Lipinski definition) is 3. The largest absolute Gasteiger partial charge is 0.481 e. The predicted molar refractivity (Wildman–Crippen MR) is 84.9 cm³/mol. The number of rotatable bonds is 6. The highest BCUT2D eigenvalue weighted by molar-refractivity contribution is 5.95.